The van der Waals surface area contributed by atoms with E-state index in [0.717, 1.165) is 5.56 Å². The van der Waals surface area contributed by atoms with Crippen molar-refractivity contribution >= 4 is 17.7 Å². The Bertz CT molecular complexity index is 948. The monoisotopic (exact) mass is 405 g/mol. The number of nitrogens with zero attached hydrogens (tertiary/aromatic N) is 2. The number of ether oxygens (including phenoxy) is 1. The van der Waals surface area contributed by atoms with Crippen molar-refractivity contribution in [2.45, 2.75) is 25.1 Å². The number of aromatic nitrogens is 2. The van der Waals surface area contributed by atoms with Gasteiger partial charge in [-0.05, 0) is 43.0 Å². The van der Waals surface area contributed by atoms with E-state index in [1.54, 1.807) is 31.2 Å². The summed E-state index contributed by atoms with van der Waals surface area (Å²) in [5, 5.41) is 3.34. The van der Waals surface area contributed by atoms with Crippen LogP contribution in [-0.2, 0) is 6.54 Å². The molecule has 1 amide bonds. The van der Waals surface area contributed by atoms with Gasteiger partial charge in [0.2, 0.25) is 0 Å². The van der Waals surface area contributed by atoms with Crippen LogP contribution in [0, 0.1) is 6.92 Å². The number of amides is 1. The summed E-state index contributed by atoms with van der Waals surface area (Å²) < 4.78 is 34.0. The molecule has 0 fully saturated rings. The zero-order chi connectivity index (χ0) is 20.1. The molecule has 9 heteroatoms. The molecule has 2 aromatic heterocycles. The lowest BCUT2D eigenvalue weighted by Gasteiger charge is -2.12. The van der Waals surface area contributed by atoms with Gasteiger partial charge in [0.15, 0.2) is 11.6 Å². The third-order valence-electron chi connectivity index (χ3n) is 3.82. The molecule has 0 atom stereocenters. The summed E-state index contributed by atoms with van der Waals surface area (Å²) in [5.74, 6) is 0.683. The molecular weight excluding hydrogens is 388 g/mol. The molecule has 0 unspecified atom stereocenters. The summed E-state index contributed by atoms with van der Waals surface area (Å²) in [6, 6.07) is 9.56. The normalized spacial score (nSPS) is 10.9. The highest BCUT2D eigenvalue weighted by Gasteiger charge is 2.19. The molecule has 6 nitrogen and oxygen atoms in total. The van der Waals surface area contributed by atoms with Gasteiger partial charge < -0.3 is 14.5 Å². The summed E-state index contributed by atoms with van der Waals surface area (Å²) >= 11 is 1.34. The largest absolute Gasteiger partial charge is 0.461 e. The molecule has 0 aliphatic heterocycles. The highest BCUT2D eigenvalue weighted by Crippen LogP contribution is 2.25. The summed E-state index contributed by atoms with van der Waals surface area (Å²) in [5.41, 5.74) is 1.66. The Morgan fingerprint density at radius 1 is 1.25 bits per heavy atom. The molecule has 0 spiro atoms. The second-order valence-electron chi connectivity index (χ2n) is 5.70. The highest BCUT2D eigenvalue weighted by atomic mass is 32.2. The number of rotatable bonds is 7. The number of hydrogen-bond donors (Lipinski definition) is 1. The van der Waals surface area contributed by atoms with Crippen LogP contribution in [0.25, 0.3) is 11.6 Å². The molecule has 0 aliphatic carbocycles. The average molecular weight is 405 g/mol. The number of benzene rings is 1. The first-order valence-electron chi connectivity index (χ1n) is 8.26. The van der Waals surface area contributed by atoms with Crippen molar-refractivity contribution in [1.29, 1.82) is 0 Å². The Labute approximate surface area is 164 Å². The van der Waals surface area contributed by atoms with Gasteiger partial charge >= 0.3 is 6.61 Å². The van der Waals surface area contributed by atoms with Gasteiger partial charge in [0.25, 0.3) is 5.91 Å². The Kier molecular flexibility index (Phi) is 6.25. The van der Waals surface area contributed by atoms with Crippen LogP contribution in [0.4, 0.5) is 8.78 Å². The maximum Gasteiger partial charge on any atom is 0.387 e. The van der Waals surface area contributed by atoms with Crippen LogP contribution in [0.2, 0.25) is 0 Å². The van der Waals surface area contributed by atoms with Gasteiger partial charge in [-0.2, -0.15) is 8.78 Å². The number of carbonyl (C=O) groups is 1. The number of halogens is 2. The second kappa shape index (κ2) is 8.83. The number of nitrogens with one attached hydrogen (secondary N) is 1. The Hall–Kier alpha value is -2.94. The molecule has 0 bridgehead atoms. The molecule has 146 valence electrons. The van der Waals surface area contributed by atoms with E-state index in [2.05, 4.69) is 20.0 Å². The molecule has 3 rings (SSSR count). The van der Waals surface area contributed by atoms with E-state index < -0.39 is 6.61 Å². The molecule has 1 N–H and O–H groups in total. The Balaban J connectivity index is 1.73. The van der Waals surface area contributed by atoms with E-state index in [1.165, 1.54) is 30.2 Å². The number of carbonyl (C=O) groups excluding carboxylic acids is 1. The van der Waals surface area contributed by atoms with Crippen LogP contribution in [0.1, 0.15) is 21.6 Å². The highest BCUT2D eigenvalue weighted by molar-refractivity contribution is 7.98. The number of alkyl halides is 2. The molecule has 2 heterocycles. The standard InChI is InChI=1S/C19H17F2N3O3S/c1-11-15(18(28-2)24-16(23-11)14-4-3-9-26-14)17(25)22-10-12-5-7-13(8-6-12)27-19(20)21/h3-9,19H,10H2,1-2H3,(H,22,25). The van der Waals surface area contributed by atoms with Gasteiger partial charge in [-0.15, -0.1) is 11.8 Å². The first kappa shape index (κ1) is 19.8. The van der Waals surface area contributed by atoms with E-state index in [-0.39, 0.29) is 18.2 Å². The quantitative estimate of drug-likeness (QED) is 0.467. The number of aryl methyl sites for hydroxylation is 1. The molecule has 0 saturated heterocycles. The molecule has 0 saturated carbocycles. The van der Waals surface area contributed by atoms with E-state index in [1.807, 2.05) is 6.26 Å². The van der Waals surface area contributed by atoms with Gasteiger partial charge in [0, 0.05) is 6.54 Å². The summed E-state index contributed by atoms with van der Waals surface area (Å²) in [7, 11) is 0. The second-order valence-corrected chi connectivity index (χ2v) is 6.49. The molecular formula is C19H17F2N3O3S. The van der Waals surface area contributed by atoms with Crippen molar-refractivity contribution in [1.82, 2.24) is 15.3 Å². The number of hydrogen-bond acceptors (Lipinski definition) is 6. The minimum atomic E-state index is -2.87. The third-order valence-corrected chi connectivity index (χ3v) is 4.50. The van der Waals surface area contributed by atoms with Crippen LogP contribution in [0.15, 0.2) is 52.1 Å². The predicted molar refractivity (Wildman–Crippen MR) is 100 cm³/mol. The minimum Gasteiger partial charge on any atom is -0.461 e. The van der Waals surface area contributed by atoms with E-state index in [0.29, 0.717) is 27.9 Å². The fraction of sp³-hybridized carbons (Fsp3) is 0.211. The van der Waals surface area contributed by atoms with Crippen molar-refractivity contribution in [3.63, 3.8) is 0 Å². The summed E-state index contributed by atoms with van der Waals surface area (Å²) in [6.45, 7) is -0.914. The van der Waals surface area contributed by atoms with Crippen molar-refractivity contribution < 1.29 is 22.7 Å². The van der Waals surface area contributed by atoms with Gasteiger partial charge in [-0.3, -0.25) is 4.79 Å². The zero-order valence-corrected chi connectivity index (χ0v) is 15.9. The SMILES string of the molecule is CSc1nc(-c2ccco2)nc(C)c1C(=O)NCc1ccc(OC(F)F)cc1. The van der Waals surface area contributed by atoms with Gasteiger partial charge in [-0.1, -0.05) is 12.1 Å². The Morgan fingerprint density at radius 3 is 2.61 bits per heavy atom. The summed E-state index contributed by atoms with van der Waals surface area (Å²) in [6.07, 6.45) is 3.36. The molecule has 1 aromatic carbocycles. The fourth-order valence-electron chi connectivity index (χ4n) is 2.53. The smallest absolute Gasteiger partial charge is 0.387 e. The van der Waals surface area contributed by atoms with Gasteiger partial charge in [0.1, 0.15) is 10.8 Å². The van der Waals surface area contributed by atoms with Crippen LogP contribution in [0.5, 0.6) is 5.75 Å². The van der Waals surface area contributed by atoms with Gasteiger partial charge in [-0.25, -0.2) is 9.97 Å². The fourth-order valence-corrected chi connectivity index (χ4v) is 3.15. The molecule has 3 aromatic rings. The van der Waals surface area contributed by atoms with E-state index in [9.17, 15) is 13.6 Å². The number of thioether (sulfide) groups is 1. The topological polar surface area (TPSA) is 77.2 Å². The maximum absolute atomic E-state index is 12.7. The molecule has 28 heavy (non-hydrogen) atoms. The first-order valence-corrected chi connectivity index (χ1v) is 9.49. The van der Waals surface area contributed by atoms with Crippen molar-refractivity contribution in [2.24, 2.45) is 0 Å². The van der Waals surface area contributed by atoms with Crippen molar-refractivity contribution in [3.05, 3.63) is 59.5 Å². The zero-order valence-electron chi connectivity index (χ0n) is 15.1. The predicted octanol–water partition coefficient (Wildman–Crippen LogP) is 4.30. The van der Waals surface area contributed by atoms with E-state index in [4.69, 9.17) is 4.42 Å². The lowest BCUT2D eigenvalue weighted by atomic mass is 10.2. The average Bonchev–Trinajstić information content (AvgIpc) is 3.21. The van der Waals surface area contributed by atoms with Gasteiger partial charge in [0.05, 0.1) is 17.5 Å². The number of furan rings is 1. The summed E-state index contributed by atoms with van der Waals surface area (Å²) in [4.78, 5) is 21.5. The lowest BCUT2D eigenvalue weighted by molar-refractivity contribution is -0.0498. The molecule has 0 aliphatic rings. The van der Waals surface area contributed by atoms with Crippen LogP contribution < -0.4 is 10.1 Å². The third kappa shape index (κ3) is 4.66. The minimum absolute atomic E-state index is 0.0625. The Morgan fingerprint density at radius 2 is 2.00 bits per heavy atom. The van der Waals surface area contributed by atoms with E-state index >= 15 is 0 Å². The van der Waals surface area contributed by atoms with Crippen molar-refractivity contribution in [2.75, 3.05) is 6.26 Å². The molecule has 0 radical (unpaired) electrons. The lowest BCUT2D eigenvalue weighted by Crippen LogP contribution is -2.25. The maximum atomic E-state index is 12.7. The van der Waals surface area contributed by atoms with Crippen LogP contribution in [0.3, 0.4) is 0 Å². The first-order chi connectivity index (χ1) is 13.5. The van der Waals surface area contributed by atoms with Crippen LogP contribution in [-0.4, -0.2) is 28.7 Å². The van der Waals surface area contributed by atoms with Crippen LogP contribution >= 0.6 is 11.8 Å². The van der Waals surface area contributed by atoms with Crippen molar-refractivity contribution in [3.8, 4) is 17.3 Å².